The molecule has 2 aromatic carbocycles. The van der Waals surface area contributed by atoms with Gasteiger partial charge in [0.15, 0.2) is 11.6 Å². The summed E-state index contributed by atoms with van der Waals surface area (Å²) in [5.41, 5.74) is 1.73. The van der Waals surface area contributed by atoms with Gasteiger partial charge in [0, 0.05) is 5.39 Å². The molecule has 0 saturated heterocycles. The normalized spacial score (nSPS) is 11.7. The average molecular weight is 408 g/mol. The number of furan rings is 1. The molecule has 5 aromatic rings. The highest BCUT2D eigenvalue weighted by atomic mass is 32.2. The van der Waals surface area contributed by atoms with Gasteiger partial charge in [0.2, 0.25) is 0 Å². The number of hydrogen-bond acceptors (Lipinski definition) is 5. The summed E-state index contributed by atoms with van der Waals surface area (Å²) in [7, 11) is 0. The molecule has 0 aliphatic carbocycles. The number of rotatable bonds is 5. The van der Waals surface area contributed by atoms with Crippen molar-refractivity contribution >= 4 is 33.7 Å². The van der Waals surface area contributed by atoms with Crippen LogP contribution in [-0.2, 0) is 5.75 Å². The van der Waals surface area contributed by atoms with Gasteiger partial charge in [0.25, 0.3) is 0 Å². The number of para-hydroxylation sites is 3. The number of thioether (sulfide) groups is 1. The van der Waals surface area contributed by atoms with Crippen LogP contribution in [0.5, 0.6) is 0 Å². The Morgan fingerprint density at radius 3 is 2.48 bits per heavy atom. The number of hydrogen-bond donors (Lipinski definition) is 0. The van der Waals surface area contributed by atoms with Crippen LogP contribution in [0.4, 0.5) is 8.78 Å². The van der Waals surface area contributed by atoms with Crippen molar-refractivity contribution in [3.63, 3.8) is 0 Å². The average Bonchev–Trinajstić information content (AvgIpc) is 3.39. The van der Waals surface area contributed by atoms with Gasteiger partial charge < -0.3 is 4.42 Å². The number of imidazole rings is 1. The maximum absolute atomic E-state index is 13.7. The lowest BCUT2D eigenvalue weighted by Crippen LogP contribution is -2.03. The Bertz CT molecular complexity index is 1300. The molecule has 0 bridgehead atoms. The Hall–Kier alpha value is -3.26. The summed E-state index contributed by atoms with van der Waals surface area (Å²) in [5, 5.41) is 1.54. The first kappa shape index (κ1) is 17.8. The molecule has 8 heteroatoms. The first-order valence-corrected chi connectivity index (χ1v) is 9.87. The fourth-order valence-corrected chi connectivity index (χ4v) is 4.17. The maximum Gasteiger partial charge on any atom is 0.320 e. The van der Waals surface area contributed by atoms with E-state index in [1.165, 1.54) is 11.8 Å². The third-order valence-electron chi connectivity index (χ3n) is 4.51. The Balaban J connectivity index is 1.56. The van der Waals surface area contributed by atoms with Crippen LogP contribution in [0.3, 0.4) is 0 Å². The standard InChI is InChI=1S/C21H14F2N4OS/c22-21(23)27-16-9-4-3-8-15(16)24-18(27)12-29-20-13-6-1-2-7-14(13)25-19(26-20)17-10-5-11-28-17/h1-11,21H,12H2. The summed E-state index contributed by atoms with van der Waals surface area (Å²) in [6, 6.07) is 18.1. The summed E-state index contributed by atoms with van der Waals surface area (Å²) < 4.78 is 33.8. The number of fused-ring (bicyclic) bond motifs is 2. The van der Waals surface area contributed by atoms with Crippen molar-refractivity contribution in [3.05, 3.63) is 72.8 Å². The smallest absolute Gasteiger partial charge is 0.320 e. The minimum Gasteiger partial charge on any atom is -0.461 e. The van der Waals surface area contributed by atoms with E-state index in [0.29, 0.717) is 33.5 Å². The molecule has 3 aromatic heterocycles. The number of aromatic nitrogens is 4. The molecule has 144 valence electrons. The van der Waals surface area contributed by atoms with E-state index >= 15 is 0 Å². The van der Waals surface area contributed by atoms with Gasteiger partial charge in [0.05, 0.1) is 28.6 Å². The molecule has 3 heterocycles. The minimum absolute atomic E-state index is 0.248. The lowest BCUT2D eigenvalue weighted by molar-refractivity contribution is 0.0722. The van der Waals surface area contributed by atoms with E-state index < -0.39 is 6.55 Å². The number of benzene rings is 2. The number of halogens is 2. The molecule has 5 nitrogen and oxygen atoms in total. The third kappa shape index (κ3) is 3.25. The van der Waals surface area contributed by atoms with Crippen LogP contribution in [0.15, 0.2) is 76.4 Å². The molecule has 0 unspecified atom stereocenters. The van der Waals surface area contributed by atoms with E-state index in [2.05, 4.69) is 15.0 Å². The Morgan fingerprint density at radius 2 is 1.69 bits per heavy atom. The van der Waals surface area contributed by atoms with Crippen molar-refractivity contribution in [1.29, 1.82) is 0 Å². The molecular formula is C21H14F2N4OS. The molecular weight excluding hydrogens is 394 g/mol. The van der Waals surface area contributed by atoms with Crippen molar-refractivity contribution < 1.29 is 13.2 Å². The quantitative estimate of drug-likeness (QED) is 0.267. The van der Waals surface area contributed by atoms with Crippen LogP contribution >= 0.6 is 11.8 Å². The van der Waals surface area contributed by atoms with Gasteiger partial charge in [-0.15, -0.1) is 0 Å². The largest absolute Gasteiger partial charge is 0.461 e. The lowest BCUT2D eigenvalue weighted by Gasteiger charge is -2.09. The zero-order chi connectivity index (χ0) is 19.8. The summed E-state index contributed by atoms with van der Waals surface area (Å²) in [5.74, 6) is 1.56. The zero-order valence-electron chi connectivity index (χ0n) is 15.0. The summed E-state index contributed by atoms with van der Waals surface area (Å²) in [6.07, 6.45) is 1.56. The molecule has 0 radical (unpaired) electrons. The predicted octanol–water partition coefficient (Wildman–Crippen LogP) is 5.93. The highest BCUT2D eigenvalue weighted by Gasteiger charge is 2.19. The second kappa shape index (κ2) is 7.29. The van der Waals surface area contributed by atoms with Gasteiger partial charge in [-0.3, -0.25) is 4.57 Å². The Labute approximate surface area is 168 Å². The maximum atomic E-state index is 13.7. The second-order valence-electron chi connectivity index (χ2n) is 6.30. The van der Waals surface area contributed by atoms with Gasteiger partial charge in [-0.2, -0.15) is 8.78 Å². The van der Waals surface area contributed by atoms with Crippen molar-refractivity contribution in [2.45, 2.75) is 17.3 Å². The number of nitrogens with zero attached hydrogens (tertiary/aromatic N) is 4. The van der Waals surface area contributed by atoms with Gasteiger partial charge in [-0.25, -0.2) is 15.0 Å². The molecule has 0 atom stereocenters. The monoisotopic (exact) mass is 408 g/mol. The van der Waals surface area contributed by atoms with Crippen LogP contribution in [0, 0.1) is 0 Å². The zero-order valence-corrected chi connectivity index (χ0v) is 15.8. The van der Waals surface area contributed by atoms with Gasteiger partial charge >= 0.3 is 6.55 Å². The topological polar surface area (TPSA) is 56.7 Å². The third-order valence-corrected chi connectivity index (χ3v) is 5.50. The van der Waals surface area contributed by atoms with Crippen molar-refractivity contribution in [3.8, 4) is 11.6 Å². The molecule has 5 rings (SSSR count). The predicted molar refractivity (Wildman–Crippen MR) is 108 cm³/mol. The molecule has 0 N–H and O–H groups in total. The lowest BCUT2D eigenvalue weighted by atomic mass is 10.2. The van der Waals surface area contributed by atoms with Crippen LogP contribution < -0.4 is 0 Å². The van der Waals surface area contributed by atoms with E-state index in [9.17, 15) is 8.78 Å². The van der Waals surface area contributed by atoms with E-state index in [-0.39, 0.29) is 5.75 Å². The fraction of sp³-hybridized carbons (Fsp3) is 0.0952. The molecule has 0 amide bonds. The summed E-state index contributed by atoms with van der Waals surface area (Å²) >= 11 is 1.35. The molecule has 0 saturated carbocycles. The molecule has 0 aliphatic heterocycles. The minimum atomic E-state index is -2.67. The second-order valence-corrected chi connectivity index (χ2v) is 7.26. The van der Waals surface area contributed by atoms with Gasteiger partial charge in [-0.05, 0) is 30.3 Å². The Kier molecular flexibility index (Phi) is 4.48. The molecule has 29 heavy (non-hydrogen) atoms. The van der Waals surface area contributed by atoms with E-state index in [1.807, 2.05) is 24.3 Å². The van der Waals surface area contributed by atoms with Gasteiger partial charge in [-0.1, -0.05) is 42.1 Å². The molecule has 0 aliphatic rings. The van der Waals surface area contributed by atoms with E-state index in [1.54, 1.807) is 42.7 Å². The van der Waals surface area contributed by atoms with Crippen LogP contribution in [0.2, 0.25) is 0 Å². The van der Waals surface area contributed by atoms with E-state index in [0.717, 1.165) is 15.5 Å². The van der Waals surface area contributed by atoms with Crippen LogP contribution in [-0.4, -0.2) is 19.5 Å². The molecule has 0 fully saturated rings. The fourth-order valence-electron chi connectivity index (χ4n) is 3.22. The molecule has 0 spiro atoms. The van der Waals surface area contributed by atoms with Crippen molar-refractivity contribution in [2.75, 3.05) is 0 Å². The van der Waals surface area contributed by atoms with E-state index in [4.69, 9.17) is 4.42 Å². The van der Waals surface area contributed by atoms with Crippen LogP contribution in [0.1, 0.15) is 12.4 Å². The van der Waals surface area contributed by atoms with Crippen molar-refractivity contribution in [1.82, 2.24) is 19.5 Å². The highest BCUT2D eigenvalue weighted by Crippen LogP contribution is 2.32. The Morgan fingerprint density at radius 1 is 0.897 bits per heavy atom. The summed E-state index contributed by atoms with van der Waals surface area (Å²) in [6.45, 7) is -2.67. The highest BCUT2D eigenvalue weighted by molar-refractivity contribution is 7.98. The van der Waals surface area contributed by atoms with Crippen molar-refractivity contribution in [2.24, 2.45) is 0 Å². The summed E-state index contributed by atoms with van der Waals surface area (Å²) in [4.78, 5) is 13.6. The SMILES string of the molecule is FC(F)n1c(CSc2nc(-c3ccco3)nc3ccccc23)nc2ccccc21. The first-order chi connectivity index (χ1) is 14.2. The van der Waals surface area contributed by atoms with Crippen LogP contribution in [0.25, 0.3) is 33.5 Å². The first-order valence-electron chi connectivity index (χ1n) is 8.88. The number of alkyl halides is 2. The van der Waals surface area contributed by atoms with Gasteiger partial charge in [0.1, 0.15) is 10.9 Å².